The lowest BCUT2D eigenvalue weighted by Crippen LogP contribution is -2.19. The second-order valence-corrected chi connectivity index (χ2v) is 6.05. The lowest BCUT2D eigenvalue weighted by atomic mass is 10.0. The van der Waals surface area contributed by atoms with Gasteiger partial charge in [0.25, 0.3) is 0 Å². The summed E-state index contributed by atoms with van der Waals surface area (Å²) in [7, 11) is 0. The van der Waals surface area contributed by atoms with Gasteiger partial charge < -0.3 is 10.3 Å². The molecule has 0 spiro atoms. The Labute approximate surface area is 138 Å². The fourth-order valence-electron chi connectivity index (χ4n) is 2.85. The Balaban J connectivity index is 2.07. The van der Waals surface area contributed by atoms with Crippen LogP contribution in [0.3, 0.4) is 0 Å². The second kappa shape index (κ2) is 5.34. The minimum atomic E-state index is 0.615. The summed E-state index contributed by atoms with van der Waals surface area (Å²) in [6, 6.07) is 13.9. The highest BCUT2D eigenvalue weighted by Crippen LogP contribution is 2.36. The van der Waals surface area contributed by atoms with Crippen LogP contribution in [0, 0.1) is 0 Å². The molecule has 0 aliphatic carbocycles. The fourth-order valence-corrected chi connectivity index (χ4v) is 3.39. The first kappa shape index (κ1) is 13.7. The molecule has 5 heteroatoms. The number of aromatic amines is 1. The lowest BCUT2D eigenvalue weighted by Gasteiger charge is -2.06. The maximum Gasteiger partial charge on any atom is 0.131 e. The number of nitrogens with one attached hydrogen (secondary N) is 2. The van der Waals surface area contributed by atoms with Crippen molar-refractivity contribution in [3.63, 3.8) is 0 Å². The van der Waals surface area contributed by atoms with Gasteiger partial charge in [-0.25, -0.2) is 0 Å². The molecule has 1 aliphatic heterocycles. The molecule has 0 amide bonds. The molecule has 0 fully saturated rings. The maximum atomic E-state index is 6.37. The summed E-state index contributed by atoms with van der Waals surface area (Å²) >= 11 is 12.6. The lowest BCUT2D eigenvalue weighted by molar-refractivity contribution is 0.960. The Kier molecular flexibility index (Phi) is 3.32. The molecule has 1 aromatic heterocycles. The Hall–Kier alpha value is -1.97. The van der Waals surface area contributed by atoms with E-state index in [1.807, 2.05) is 24.3 Å². The molecule has 1 aliphatic rings. The molecule has 110 valence electrons. The molecule has 3 aromatic rings. The number of rotatable bonds is 2. The van der Waals surface area contributed by atoms with Crippen molar-refractivity contribution in [1.82, 2.24) is 10.3 Å². The van der Waals surface area contributed by atoms with Gasteiger partial charge >= 0.3 is 0 Å². The van der Waals surface area contributed by atoms with Gasteiger partial charge in [-0.1, -0.05) is 53.5 Å². The van der Waals surface area contributed by atoms with Gasteiger partial charge in [0.15, 0.2) is 0 Å². The minimum Gasteiger partial charge on any atom is -0.368 e. The minimum absolute atomic E-state index is 0.615. The highest BCUT2D eigenvalue weighted by atomic mass is 35.5. The highest BCUT2D eigenvalue weighted by Gasteiger charge is 2.21. The van der Waals surface area contributed by atoms with Gasteiger partial charge in [-0.15, -0.1) is 0 Å². The number of H-pyrrole nitrogens is 1. The van der Waals surface area contributed by atoms with E-state index in [2.05, 4.69) is 27.4 Å². The Morgan fingerprint density at radius 2 is 1.86 bits per heavy atom. The van der Waals surface area contributed by atoms with Crippen molar-refractivity contribution in [2.45, 2.75) is 0 Å². The summed E-state index contributed by atoms with van der Waals surface area (Å²) < 4.78 is 0. The van der Waals surface area contributed by atoms with Gasteiger partial charge in [0.1, 0.15) is 5.84 Å². The SMILES string of the molecule is Clc1cc(Cl)c2[nH]c(-c3ccccc3)c(C3=NCCN3)c2c1. The smallest absolute Gasteiger partial charge is 0.131 e. The van der Waals surface area contributed by atoms with Crippen LogP contribution in [-0.2, 0) is 0 Å². The predicted octanol–water partition coefficient (Wildman–Crippen LogP) is 4.49. The van der Waals surface area contributed by atoms with Gasteiger partial charge in [-0.3, -0.25) is 4.99 Å². The summed E-state index contributed by atoms with van der Waals surface area (Å²) in [5.41, 5.74) is 4.02. The van der Waals surface area contributed by atoms with Crippen LogP contribution in [-0.4, -0.2) is 23.9 Å². The van der Waals surface area contributed by atoms with Gasteiger partial charge in [0.2, 0.25) is 0 Å². The topological polar surface area (TPSA) is 40.2 Å². The van der Waals surface area contributed by atoms with Crippen LogP contribution in [0.15, 0.2) is 47.5 Å². The zero-order valence-corrected chi connectivity index (χ0v) is 13.2. The molecule has 2 heterocycles. The summed E-state index contributed by atoms with van der Waals surface area (Å²) in [6.07, 6.45) is 0. The van der Waals surface area contributed by atoms with E-state index in [4.69, 9.17) is 23.2 Å². The zero-order valence-electron chi connectivity index (χ0n) is 11.7. The van der Waals surface area contributed by atoms with Crippen molar-refractivity contribution in [2.24, 2.45) is 4.99 Å². The molecule has 0 saturated heterocycles. The number of hydrogen-bond donors (Lipinski definition) is 2. The van der Waals surface area contributed by atoms with E-state index < -0.39 is 0 Å². The fraction of sp³-hybridized carbons (Fsp3) is 0.118. The first-order valence-corrected chi connectivity index (χ1v) is 7.84. The van der Waals surface area contributed by atoms with E-state index >= 15 is 0 Å². The van der Waals surface area contributed by atoms with Crippen LogP contribution in [0.1, 0.15) is 5.56 Å². The summed E-state index contributed by atoms with van der Waals surface area (Å²) in [5.74, 6) is 0.892. The average molecular weight is 330 g/mol. The third-order valence-electron chi connectivity index (χ3n) is 3.80. The largest absolute Gasteiger partial charge is 0.368 e. The summed E-state index contributed by atoms with van der Waals surface area (Å²) in [4.78, 5) is 8.01. The molecule has 4 rings (SSSR count). The monoisotopic (exact) mass is 329 g/mol. The Morgan fingerprint density at radius 3 is 2.59 bits per heavy atom. The van der Waals surface area contributed by atoms with Gasteiger partial charge in [-0.2, -0.15) is 0 Å². The Morgan fingerprint density at radius 1 is 1.05 bits per heavy atom. The second-order valence-electron chi connectivity index (χ2n) is 5.21. The van der Waals surface area contributed by atoms with Crippen LogP contribution in [0.4, 0.5) is 0 Å². The maximum absolute atomic E-state index is 6.37. The molecular formula is C17H13Cl2N3. The van der Waals surface area contributed by atoms with E-state index in [1.165, 1.54) is 0 Å². The quantitative estimate of drug-likeness (QED) is 0.714. The van der Waals surface area contributed by atoms with Crippen molar-refractivity contribution in [2.75, 3.05) is 13.1 Å². The van der Waals surface area contributed by atoms with Crippen molar-refractivity contribution in [3.05, 3.63) is 58.1 Å². The van der Waals surface area contributed by atoms with E-state index in [1.54, 1.807) is 6.07 Å². The average Bonchev–Trinajstić information content (AvgIpc) is 3.14. The first-order valence-electron chi connectivity index (χ1n) is 7.09. The third-order valence-corrected chi connectivity index (χ3v) is 4.31. The zero-order chi connectivity index (χ0) is 15.1. The van der Waals surface area contributed by atoms with Crippen LogP contribution in [0.25, 0.3) is 22.2 Å². The van der Waals surface area contributed by atoms with Crippen molar-refractivity contribution < 1.29 is 0 Å². The first-order chi connectivity index (χ1) is 10.7. The third kappa shape index (κ3) is 2.18. The summed E-state index contributed by atoms with van der Waals surface area (Å²) in [6.45, 7) is 1.63. The number of aliphatic imine (C=N–C) groups is 1. The highest BCUT2D eigenvalue weighted by molar-refractivity contribution is 6.39. The number of halogens is 2. The molecule has 3 nitrogen and oxygen atoms in total. The molecule has 2 N–H and O–H groups in total. The molecule has 0 bridgehead atoms. The van der Waals surface area contributed by atoms with E-state index in [0.717, 1.165) is 46.6 Å². The molecule has 2 aromatic carbocycles. The number of aromatic nitrogens is 1. The number of hydrogen-bond acceptors (Lipinski definition) is 2. The predicted molar refractivity (Wildman–Crippen MR) is 93.2 cm³/mol. The molecular weight excluding hydrogens is 317 g/mol. The van der Waals surface area contributed by atoms with Crippen molar-refractivity contribution in [3.8, 4) is 11.3 Å². The number of nitrogens with zero attached hydrogens (tertiary/aromatic N) is 1. The number of fused-ring (bicyclic) bond motifs is 1. The van der Waals surface area contributed by atoms with E-state index in [0.29, 0.717) is 10.0 Å². The number of amidine groups is 1. The van der Waals surface area contributed by atoms with Crippen LogP contribution in [0.2, 0.25) is 10.0 Å². The molecule has 22 heavy (non-hydrogen) atoms. The molecule has 0 saturated carbocycles. The van der Waals surface area contributed by atoms with Crippen LogP contribution < -0.4 is 5.32 Å². The van der Waals surface area contributed by atoms with Crippen LogP contribution in [0.5, 0.6) is 0 Å². The standard InChI is InChI=1S/C17H13Cl2N3/c18-11-8-12-14(17-20-6-7-21-17)15(10-4-2-1-3-5-10)22-16(12)13(19)9-11/h1-5,8-9,22H,6-7H2,(H,20,21). The normalized spacial score (nSPS) is 14.2. The van der Waals surface area contributed by atoms with Crippen LogP contribution >= 0.6 is 23.2 Å². The van der Waals surface area contributed by atoms with Gasteiger partial charge in [0, 0.05) is 22.5 Å². The molecule has 0 radical (unpaired) electrons. The summed E-state index contributed by atoms with van der Waals surface area (Å²) in [5, 5.41) is 5.57. The number of benzene rings is 2. The van der Waals surface area contributed by atoms with E-state index in [9.17, 15) is 0 Å². The van der Waals surface area contributed by atoms with Crippen molar-refractivity contribution in [1.29, 1.82) is 0 Å². The molecule has 0 atom stereocenters. The van der Waals surface area contributed by atoms with Gasteiger partial charge in [-0.05, 0) is 17.7 Å². The van der Waals surface area contributed by atoms with Gasteiger partial charge in [0.05, 0.1) is 22.8 Å². The van der Waals surface area contributed by atoms with Crippen molar-refractivity contribution >= 4 is 39.9 Å². The van der Waals surface area contributed by atoms with E-state index in [-0.39, 0.29) is 0 Å². The molecule has 0 unspecified atom stereocenters. The Bertz CT molecular complexity index is 882.